The number of allylic oxidation sites excluding steroid dienone is 1. The smallest absolute Gasteiger partial charge is 0.253 e. The van der Waals surface area contributed by atoms with Gasteiger partial charge in [0.05, 0.1) is 6.10 Å². The monoisotopic (exact) mass is 379 g/mol. The van der Waals surface area contributed by atoms with Gasteiger partial charge in [-0.05, 0) is 61.7 Å². The summed E-state index contributed by atoms with van der Waals surface area (Å²) in [6, 6.07) is 12.8. The molecule has 28 heavy (non-hydrogen) atoms. The molecule has 148 valence electrons. The number of carbonyl (C=O) groups is 2. The van der Waals surface area contributed by atoms with Gasteiger partial charge in [-0.15, -0.1) is 0 Å². The molecule has 0 heterocycles. The molecule has 0 aromatic heterocycles. The Kier molecular flexibility index (Phi) is 7.16. The van der Waals surface area contributed by atoms with E-state index in [2.05, 4.69) is 26.0 Å². The summed E-state index contributed by atoms with van der Waals surface area (Å²) in [7, 11) is 3.40. The molecule has 1 amide bonds. The first-order valence-electron chi connectivity index (χ1n) is 9.53. The first kappa shape index (κ1) is 21.4. The van der Waals surface area contributed by atoms with E-state index in [4.69, 9.17) is 4.74 Å². The maximum absolute atomic E-state index is 12.6. The molecule has 2 aromatic carbocycles. The van der Waals surface area contributed by atoms with Crippen LogP contribution in [0.25, 0.3) is 6.08 Å². The molecule has 0 N–H and O–H groups in total. The van der Waals surface area contributed by atoms with Crippen LogP contribution in [0.4, 0.5) is 0 Å². The normalized spacial score (nSPS) is 11.3. The van der Waals surface area contributed by atoms with E-state index in [0.29, 0.717) is 17.0 Å². The molecule has 0 aliphatic heterocycles. The Morgan fingerprint density at radius 3 is 2.07 bits per heavy atom. The summed E-state index contributed by atoms with van der Waals surface area (Å²) in [6.07, 6.45) is 3.40. The molecular weight excluding hydrogens is 350 g/mol. The summed E-state index contributed by atoms with van der Waals surface area (Å²) in [5, 5.41) is 0. The van der Waals surface area contributed by atoms with Gasteiger partial charge in [-0.1, -0.05) is 32.0 Å². The van der Waals surface area contributed by atoms with Crippen molar-refractivity contribution in [1.82, 2.24) is 4.90 Å². The van der Waals surface area contributed by atoms with Crippen molar-refractivity contribution in [2.24, 2.45) is 0 Å². The Hall–Kier alpha value is -2.88. The van der Waals surface area contributed by atoms with Crippen molar-refractivity contribution in [3.63, 3.8) is 0 Å². The Morgan fingerprint density at radius 1 is 0.929 bits per heavy atom. The van der Waals surface area contributed by atoms with Crippen molar-refractivity contribution in [2.45, 2.75) is 39.7 Å². The topological polar surface area (TPSA) is 46.6 Å². The molecule has 0 spiro atoms. The Morgan fingerprint density at radius 2 is 1.54 bits per heavy atom. The second-order valence-corrected chi connectivity index (χ2v) is 7.59. The Bertz CT molecular complexity index is 862. The molecule has 0 bridgehead atoms. The maximum atomic E-state index is 12.6. The molecule has 4 nitrogen and oxygen atoms in total. The second kappa shape index (κ2) is 9.36. The fourth-order valence-corrected chi connectivity index (χ4v) is 2.71. The quantitative estimate of drug-likeness (QED) is 0.491. The minimum atomic E-state index is -0.116. The highest BCUT2D eigenvalue weighted by Crippen LogP contribution is 2.26. The summed E-state index contributed by atoms with van der Waals surface area (Å²) in [4.78, 5) is 26.0. The molecule has 0 aliphatic rings. The molecule has 0 atom stereocenters. The fourth-order valence-electron chi connectivity index (χ4n) is 2.71. The lowest BCUT2D eigenvalue weighted by Gasteiger charge is -2.15. The van der Waals surface area contributed by atoms with Crippen molar-refractivity contribution in [3.8, 4) is 5.75 Å². The zero-order valence-corrected chi connectivity index (χ0v) is 17.5. The molecule has 2 aromatic rings. The van der Waals surface area contributed by atoms with E-state index in [-0.39, 0.29) is 17.8 Å². The highest BCUT2D eigenvalue weighted by molar-refractivity contribution is 6.07. The number of nitrogens with zero attached hydrogens (tertiary/aromatic N) is 1. The summed E-state index contributed by atoms with van der Waals surface area (Å²) in [6.45, 7) is 8.22. The third kappa shape index (κ3) is 5.56. The van der Waals surface area contributed by atoms with Crippen LogP contribution in [-0.4, -0.2) is 36.8 Å². The van der Waals surface area contributed by atoms with E-state index in [9.17, 15) is 9.59 Å². The molecule has 0 fully saturated rings. The van der Waals surface area contributed by atoms with Gasteiger partial charge in [-0.3, -0.25) is 9.59 Å². The van der Waals surface area contributed by atoms with Crippen molar-refractivity contribution in [1.29, 1.82) is 0 Å². The van der Waals surface area contributed by atoms with Crippen LogP contribution < -0.4 is 4.74 Å². The summed E-state index contributed by atoms with van der Waals surface area (Å²) < 4.78 is 5.88. The molecular formula is C24H29NO3. The largest absolute Gasteiger partial charge is 0.490 e. The van der Waals surface area contributed by atoms with Crippen molar-refractivity contribution >= 4 is 17.8 Å². The van der Waals surface area contributed by atoms with E-state index in [1.807, 2.05) is 19.9 Å². The highest BCUT2D eigenvalue weighted by atomic mass is 16.5. The fraction of sp³-hybridized carbons (Fsp3) is 0.333. The summed E-state index contributed by atoms with van der Waals surface area (Å²) >= 11 is 0. The maximum Gasteiger partial charge on any atom is 0.253 e. The third-order valence-corrected chi connectivity index (χ3v) is 4.30. The molecule has 2 rings (SSSR count). The predicted molar refractivity (Wildman–Crippen MR) is 114 cm³/mol. The van der Waals surface area contributed by atoms with Crippen LogP contribution in [0.1, 0.15) is 65.5 Å². The Labute approximate surface area is 167 Å². The van der Waals surface area contributed by atoms with Crippen molar-refractivity contribution in [2.75, 3.05) is 14.1 Å². The number of carbonyl (C=O) groups excluding carboxylic acids is 2. The van der Waals surface area contributed by atoms with Crippen LogP contribution in [0.3, 0.4) is 0 Å². The number of benzene rings is 2. The number of rotatable bonds is 7. The van der Waals surface area contributed by atoms with Gasteiger partial charge in [0.2, 0.25) is 0 Å². The predicted octanol–water partition coefficient (Wildman–Crippen LogP) is 5.20. The lowest BCUT2D eigenvalue weighted by atomic mass is 9.99. The van der Waals surface area contributed by atoms with Gasteiger partial charge in [0.1, 0.15) is 5.75 Å². The summed E-state index contributed by atoms with van der Waals surface area (Å²) in [5.74, 6) is 0.943. The van der Waals surface area contributed by atoms with E-state index in [1.165, 1.54) is 10.5 Å². The van der Waals surface area contributed by atoms with Crippen LogP contribution in [0.5, 0.6) is 5.75 Å². The van der Waals surface area contributed by atoms with Crippen LogP contribution >= 0.6 is 0 Å². The van der Waals surface area contributed by atoms with Gasteiger partial charge in [0.25, 0.3) is 5.91 Å². The van der Waals surface area contributed by atoms with Crippen molar-refractivity contribution < 1.29 is 14.3 Å². The number of amides is 1. The van der Waals surface area contributed by atoms with Crippen LogP contribution in [0, 0.1) is 0 Å². The average molecular weight is 380 g/mol. The number of hydrogen-bond donors (Lipinski definition) is 0. The van der Waals surface area contributed by atoms with Gasteiger partial charge in [-0.2, -0.15) is 0 Å². The minimum absolute atomic E-state index is 0.0505. The first-order chi connectivity index (χ1) is 13.2. The molecule has 0 saturated heterocycles. The van der Waals surface area contributed by atoms with Crippen molar-refractivity contribution in [3.05, 3.63) is 70.8 Å². The molecule has 0 aliphatic carbocycles. The van der Waals surface area contributed by atoms with Gasteiger partial charge in [0.15, 0.2) is 5.78 Å². The first-order valence-corrected chi connectivity index (χ1v) is 9.53. The SMILES string of the molecule is CC(C)Oc1ccc(C(C)C)cc1/C=C/C(=O)c1ccc(C(=O)N(C)C)cc1. The number of ether oxygens (including phenoxy) is 1. The van der Waals surface area contributed by atoms with E-state index >= 15 is 0 Å². The van der Waals surface area contributed by atoms with Crippen LogP contribution in [0.2, 0.25) is 0 Å². The average Bonchev–Trinajstić information content (AvgIpc) is 2.65. The zero-order chi connectivity index (χ0) is 20.8. The number of hydrogen-bond acceptors (Lipinski definition) is 3. The third-order valence-electron chi connectivity index (χ3n) is 4.30. The minimum Gasteiger partial charge on any atom is -0.490 e. The molecule has 0 radical (unpaired) electrons. The van der Waals surface area contributed by atoms with Gasteiger partial charge in [0, 0.05) is 30.8 Å². The lowest BCUT2D eigenvalue weighted by molar-refractivity contribution is 0.0827. The number of ketones is 1. The van der Waals surface area contributed by atoms with Gasteiger partial charge in [-0.25, -0.2) is 0 Å². The highest BCUT2D eigenvalue weighted by Gasteiger charge is 2.10. The zero-order valence-electron chi connectivity index (χ0n) is 17.5. The lowest BCUT2D eigenvalue weighted by Crippen LogP contribution is -2.21. The molecule has 0 saturated carbocycles. The van der Waals surface area contributed by atoms with Gasteiger partial charge >= 0.3 is 0 Å². The second-order valence-electron chi connectivity index (χ2n) is 7.59. The van der Waals surface area contributed by atoms with E-state index in [0.717, 1.165) is 11.3 Å². The standard InChI is InChI=1S/C24H29NO3/c1-16(2)20-12-14-23(28-17(3)4)21(15-20)11-13-22(26)18-7-9-19(10-8-18)24(27)25(5)6/h7-17H,1-6H3/b13-11+. The van der Waals surface area contributed by atoms with E-state index < -0.39 is 0 Å². The molecule has 0 unspecified atom stereocenters. The van der Waals surface area contributed by atoms with Gasteiger partial charge < -0.3 is 9.64 Å². The van der Waals surface area contributed by atoms with E-state index in [1.54, 1.807) is 50.5 Å². The molecule has 4 heteroatoms. The van der Waals surface area contributed by atoms with Crippen LogP contribution in [0.15, 0.2) is 48.5 Å². The summed E-state index contributed by atoms with van der Waals surface area (Å²) in [5.41, 5.74) is 3.17. The van der Waals surface area contributed by atoms with Crippen LogP contribution in [-0.2, 0) is 0 Å². The Balaban J connectivity index is 2.25.